The minimum atomic E-state index is -3.58. The van der Waals surface area contributed by atoms with Gasteiger partial charge < -0.3 is 15.7 Å². The molecule has 2 aromatic carbocycles. The molecule has 0 spiro atoms. The van der Waals surface area contributed by atoms with Crippen molar-refractivity contribution < 1.29 is 23.1 Å². The van der Waals surface area contributed by atoms with Gasteiger partial charge in [-0.3, -0.25) is 9.59 Å². The second-order valence-corrected chi connectivity index (χ2v) is 9.97. The Hall–Kier alpha value is -2.75. The lowest BCUT2D eigenvalue weighted by Gasteiger charge is -2.23. The molecule has 0 fully saturated rings. The molecule has 0 aromatic heterocycles. The van der Waals surface area contributed by atoms with E-state index >= 15 is 0 Å². The maximum Gasteiger partial charge on any atom is 0.255 e. The molecule has 0 unspecified atom stereocenters. The number of benzene rings is 2. The van der Waals surface area contributed by atoms with Crippen LogP contribution in [-0.4, -0.2) is 54.9 Å². The third kappa shape index (κ3) is 6.62. The molecule has 0 radical (unpaired) electrons. The Morgan fingerprint density at radius 3 is 2.03 bits per heavy atom. The molecule has 174 valence electrons. The van der Waals surface area contributed by atoms with Gasteiger partial charge in [0, 0.05) is 24.3 Å². The Bertz CT molecular complexity index is 1030. The van der Waals surface area contributed by atoms with E-state index in [0.717, 1.165) is 5.56 Å². The van der Waals surface area contributed by atoms with Crippen LogP contribution in [0.15, 0.2) is 53.4 Å². The van der Waals surface area contributed by atoms with Crippen LogP contribution < -0.4 is 10.6 Å². The molecule has 0 heterocycles. The molecule has 9 heteroatoms. The second kappa shape index (κ2) is 10.7. The lowest BCUT2D eigenvalue weighted by Crippen LogP contribution is -2.46. The van der Waals surface area contributed by atoms with Crippen molar-refractivity contribution in [1.29, 1.82) is 0 Å². The van der Waals surface area contributed by atoms with Gasteiger partial charge in [-0.1, -0.05) is 26.0 Å². The predicted octanol–water partition coefficient (Wildman–Crippen LogP) is 2.40. The number of nitrogens with one attached hydrogen (secondary N) is 2. The van der Waals surface area contributed by atoms with Crippen molar-refractivity contribution in [3.63, 3.8) is 0 Å². The van der Waals surface area contributed by atoms with E-state index in [1.165, 1.54) is 28.6 Å². The van der Waals surface area contributed by atoms with Gasteiger partial charge in [0.05, 0.1) is 23.5 Å². The van der Waals surface area contributed by atoms with Crippen LogP contribution in [0.1, 0.15) is 43.6 Å². The van der Waals surface area contributed by atoms with Crippen LogP contribution in [0.4, 0.5) is 5.69 Å². The summed E-state index contributed by atoms with van der Waals surface area (Å²) in [4.78, 5) is 24.7. The molecule has 0 aliphatic heterocycles. The maximum absolute atomic E-state index is 12.6. The van der Waals surface area contributed by atoms with Gasteiger partial charge in [-0.05, 0) is 55.8 Å². The van der Waals surface area contributed by atoms with Crippen LogP contribution >= 0.6 is 0 Å². The zero-order valence-corrected chi connectivity index (χ0v) is 19.7. The Balaban J connectivity index is 2.02. The molecule has 0 saturated carbocycles. The summed E-state index contributed by atoms with van der Waals surface area (Å²) in [6, 6.07) is 12.7. The standard InChI is InChI=1S/C23H31N3O5S/c1-5-26(6-2)32(30,31)20-13-9-18(10-14-20)22(29)24-19-11-7-17(8-12-19)15-21(28)25-23(3,4)16-27/h7-14,27H,5-6,15-16H2,1-4H3,(H,24,29)(H,25,28). The summed E-state index contributed by atoms with van der Waals surface area (Å²) in [6.45, 7) is 7.60. The molecule has 2 amide bonds. The molecule has 8 nitrogen and oxygen atoms in total. The molecule has 3 N–H and O–H groups in total. The second-order valence-electron chi connectivity index (χ2n) is 8.03. The van der Waals surface area contributed by atoms with E-state index in [4.69, 9.17) is 0 Å². The Morgan fingerprint density at radius 2 is 1.53 bits per heavy atom. The van der Waals surface area contributed by atoms with Gasteiger partial charge >= 0.3 is 0 Å². The molecule has 0 saturated heterocycles. The van der Waals surface area contributed by atoms with Crippen molar-refractivity contribution in [1.82, 2.24) is 9.62 Å². The van der Waals surface area contributed by atoms with Crippen LogP contribution in [-0.2, 0) is 21.2 Å². The fourth-order valence-corrected chi connectivity index (χ4v) is 4.50. The highest BCUT2D eigenvalue weighted by Crippen LogP contribution is 2.17. The third-order valence-corrected chi connectivity index (χ3v) is 6.97. The number of carbonyl (C=O) groups is 2. The van der Waals surface area contributed by atoms with Crippen molar-refractivity contribution in [2.75, 3.05) is 25.0 Å². The summed E-state index contributed by atoms with van der Waals surface area (Å²) < 4.78 is 26.5. The topological polar surface area (TPSA) is 116 Å². The van der Waals surface area contributed by atoms with Crippen LogP contribution in [0.2, 0.25) is 0 Å². The van der Waals surface area contributed by atoms with Gasteiger partial charge in [0.1, 0.15) is 0 Å². The monoisotopic (exact) mass is 461 g/mol. The summed E-state index contributed by atoms with van der Waals surface area (Å²) in [5.41, 5.74) is 0.957. The van der Waals surface area contributed by atoms with Crippen LogP contribution in [0.3, 0.4) is 0 Å². The Morgan fingerprint density at radius 1 is 0.969 bits per heavy atom. The van der Waals surface area contributed by atoms with Crippen molar-refractivity contribution in [3.05, 3.63) is 59.7 Å². The number of hydrogen-bond donors (Lipinski definition) is 3. The molecule has 0 bridgehead atoms. The Kier molecular flexibility index (Phi) is 8.54. The van der Waals surface area contributed by atoms with E-state index in [-0.39, 0.29) is 29.7 Å². The lowest BCUT2D eigenvalue weighted by molar-refractivity contribution is -0.122. The van der Waals surface area contributed by atoms with Crippen molar-refractivity contribution in [2.45, 2.75) is 44.6 Å². The molecular formula is C23H31N3O5S. The first kappa shape index (κ1) is 25.5. The Labute approximate surface area is 189 Å². The van der Waals surface area contributed by atoms with Gasteiger partial charge in [-0.25, -0.2) is 8.42 Å². The fraction of sp³-hybridized carbons (Fsp3) is 0.391. The van der Waals surface area contributed by atoms with Crippen molar-refractivity contribution in [2.24, 2.45) is 0 Å². The number of aliphatic hydroxyl groups is 1. The summed E-state index contributed by atoms with van der Waals surface area (Å²) in [5.74, 6) is -0.576. The normalized spacial score (nSPS) is 11.9. The van der Waals surface area contributed by atoms with Crippen molar-refractivity contribution >= 4 is 27.5 Å². The number of anilines is 1. The number of hydrogen-bond acceptors (Lipinski definition) is 5. The summed E-state index contributed by atoms with van der Waals surface area (Å²) in [7, 11) is -3.58. The molecular weight excluding hydrogens is 430 g/mol. The van der Waals surface area contributed by atoms with Gasteiger partial charge in [-0.15, -0.1) is 0 Å². The summed E-state index contributed by atoms with van der Waals surface area (Å²) in [6.07, 6.45) is 0.153. The third-order valence-electron chi connectivity index (χ3n) is 4.91. The lowest BCUT2D eigenvalue weighted by atomic mass is 10.1. The van der Waals surface area contributed by atoms with E-state index in [2.05, 4.69) is 10.6 Å². The van der Waals surface area contributed by atoms with Crippen molar-refractivity contribution in [3.8, 4) is 0 Å². The van der Waals surface area contributed by atoms with E-state index in [1.54, 1.807) is 52.0 Å². The molecule has 32 heavy (non-hydrogen) atoms. The van der Waals surface area contributed by atoms with Gasteiger partial charge in [0.15, 0.2) is 0 Å². The van der Waals surface area contributed by atoms with E-state index in [1.807, 2.05) is 0 Å². The minimum Gasteiger partial charge on any atom is -0.394 e. The van der Waals surface area contributed by atoms with Crippen LogP contribution in [0, 0.1) is 0 Å². The van der Waals surface area contributed by atoms with E-state index < -0.39 is 15.6 Å². The summed E-state index contributed by atoms with van der Waals surface area (Å²) in [5, 5.41) is 14.7. The number of rotatable bonds is 10. The maximum atomic E-state index is 12.6. The smallest absolute Gasteiger partial charge is 0.255 e. The largest absolute Gasteiger partial charge is 0.394 e. The number of aliphatic hydroxyl groups excluding tert-OH is 1. The molecule has 0 aliphatic carbocycles. The first-order valence-electron chi connectivity index (χ1n) is 10.4. The number of amides is 2. The summed E-state index contributed by atoms with van der Waals surface area (Å²) >= 11 is 0. The zero-order chi connectivity index (χ0) is 23.9. The quantitative estimate of drug-likeness (QED) is 0.502. The SMILES string of the molecule is CCN(CC)S(=O)(=O)c1ccc(C(=O)Nc2ccc(CC(=O)NC(C)(C)CO)cc2)cc1. The number of sulfonamides is 1. The van der Waals surface area contributed by atoms with Crippen LogP contribution in [0.25, 0.3) is 0 Å². The average molecular weight is 462 g/mol. The number of nitrogens with zero attached hydrogens (tertiary/aromatic N) is 1. The number of carbonyl (C=O) groups excluding carboxylic acids is 2. The van der Waals surface area contributed by atoms with Gasteiger partial charge in [-0.2, -0.15) is 4.31 Å². The predicted molar refractivity (Wildman–Crippen MR) is 124 cm³/mol. The van der Waals surface area contributed by atoms with E-state index in [0.29, 0.717) is 24.3 Å². The van der Waals surface area contributed by atoms with Gasteiger partial charge in [0.25, 0.3) is 5.91 Å². The highest BCUT2D eigenvalue weighted by atomic mass is 32.2. The average Bonchev–Trinajstić information content (AvgIpc) is 2.75. The van der Waals surface area contributed by atoms with E-state index in [9.17, 15) is 23.1 Å². The van der Waals surface area contributed by atoms with Crippen LogP contribution in [0.5, 0.6) is 0 Å². The molecule has 2 rings (SSSR count). The minimum absolute atomic E-state index is 0.143. The molecule has 0 atom stereocenters. The molecule has 0 aliphatic rings. The molecule has 2 aromatic rings. The van der Waals surface area contributed by atoms with Gasteiger partial charge in [0.2, 0.25) is 15.9 Å². The highest BCUT2D eigenvalue weighted by Gasteiger charge is 2.22. The first-order valence-corrected chi connectivity index (χ1v) is 11.9. The first-order chi connectivity index (χ1) is 15.0. The fourth-order valence-electron chi connectivity index (χ4n) is 3.05. The highest BCUT2D eigenvalue weighted by molar-refractivity contribution is 7.89. The zero-order valence-electron chi connectivity index (χ0n) is 18.9.